The number of hydrogen-bond donors (Lipinski definition) is 0. The smallest absolute Gasteiger partial charge is 0.119 e. The van der Waals surface area contributed by atoms with Gasteiger partial charge in [-0.3, -0.25) is 0 Å². The van der Waals surface area contributed by atoms with Crippen LogP contribution in [0.15, 0.2) is 30.3 Å². The maximum atomic E-state index is 7.20. The van der Waals surface area contributed by atoms with Gasteiger partial charge in [-0.15, -0.1) is 0 Å². The Balaban J connectivity index is 2.39. The molecule has 0 spiro atoms. The zero-order valence-corrected chi connectivity index (χ0v) is 6.08. The lowest BCUT2D eigenvalue weighted by molar-refractivity contribution is 0.317. The zero-order valence-electron chi connectivity index (χ0n) is 7.08. The molecule has 0 amide bonds. The van der Waals surface area contributed by atoms with Gasteiger partial charge in [0.2, 0.25) is 0 Å². The molecule has 0 aliphatic heterocycles. The van der Waals surface area contributed by atoms with Crippen LogP contribution in [0.1, 0.15) is 14.7 Å². The Bertz CT molecular complexity index is 196. The van der Waals surface area contributed by atoms with E-state index < -0.39 is 0 Å². The van der Waals surface area contributed by atoms with Crippen molar-refractivity contribution in [1.82, 2.24) is 0 Å². The van der Waals surface area contributed by atoms with Gasteiger partial charge in [-0.25, -0.2) is 0 Å². The molecule has 0 N–H and O–H groups in total. The van der Waals surface area contributed by atoms with Crippen LogP contribution in [0.25, 0.3) is 0 Å². The van der Waals surface area contributed by atoms with Crippen LogP contribution >= 0.6 is 0 Å². The van der Waals surface area contributed by atoms with Crippen molar-refractivity contribution in [3.05, 3.63) is 30.3 Å². The lowest BCUT2D eigenvalue weighted by Gasteiger charge is -2.01. The predicted octanol–water partition coefficient (Wildman–Crippen LogP) is 2.48. The molecule has 1 rings (SSSR count). The molecule has 0 aliphatic carbocycles. The summed E-state index contributed by atoms with van der Waals surface area (Å²) in [5.74, 6) is 0.839. The second kappa shape index (κ2) is 3.94. The summed E-state index contributed by atoms with van der Waals surface area (Å²) in [7, 11) is 0. The fourth-order valence-corrected chi connectivity index (χ4v) is 0.696. The van der Waals surface area contributed by atoms with Gasteiger partial charge in [0, 0.05) is 1.37 Å². The third kappa shape index (κ3) is 2.09. The van der Waals surface area contributed by atoms with E-state index in [0.717, 1.165) is 5.75 Å². The van der Waals surface area contributed by atoms with Crippen LogP contribution in [0, 0.1) is 0 Å². The monoisotopic (exact) mass is 138 g/mol. The quantitative estimate of drug-likeness (QED) is 0.623. The minimum Gasteiger partial charge on any atom is -0.494 e. The van der Waals surface area contributed by atoms with Crippen LogP contribution in [0.2, 0.25) is 0 Å². The fourth-order valence-electron chi connectivity index (χ4n) is 0.696. The van der Waals surface area contributed by atoms with E-state index in [2.05, 4.69) is 0 Å². The molecule has 0 aromatic heterocycles. The van der Waals surface area contributed by atoms with Crippen molar-refractivity contribution in [2.45, 2.75) is 13.3 Å². The minimum atomic E-state index is -0.157. The molecule has 1 nitrogen and oxygen atoms in total. The van der Waals surface area contributed by atoms with Gasteiger partial charge >= 0.3 is 0 Å². The maximum absolute atomic E-state index is 7.20. The molecule has 0 fully saturated rings. The van der Waals surface area contributed by atoms with E-state index in [4.69, 9.17) is 6.11 Å². The molecule has 1 aromatic rings. The van der Waals surface area contributed by atoms with Crippen molar-refractivity contribution in [2.24, 2.45) is 0 Å². The summed E-state index contributed by atoms with van der Waals surface area (Å²) >= 11 is 0. The Morgan fingerprint density at radius 2 is 2.10 bits per heavy atom. The number of ether oxygens (including phenoxy) is 1. The van der Waals surface area contributed by atoms with Crippen LogP contribution in [0.3, 0.4) is 0 Å². The van der Waals surface area contributed by atoms with Crippen LogP contribution in [-0.4, -0.2) is 6.61 Å². The standard InChI is InChI=1S/C9H12O/c1-2-8-10-9-6-4-3-5-7-9/h3-7H,2,8H2,1H3/i2T. The highest BCUT2D eigenvalue weighted by Crippen LogP contribution is 2.07. The molecule has 10 heavy (non-hydrogen) atoms. The van der Waals surface area contributed by atoms with Crippen molar-refractivity contribution < 1.29 is 6.11 Å². The van der Waals surface area contributed by atoms with Gasteiger partial charge in [0.15, 0.2) is 0 Å². The van der Waals surface area contributed by atoms with Crippen molar-refractivity contribution in [1.29, 1.82) is 0 Å². The molecule has 1 heteroatoms. The van der Waals surface area contributed by atoms with Crippen LogP contribution in [-0.2, 0) is 0 Å². The Hall–Kier alpha value is -0.980. The van der Waals surface area contributed by atoms with E-state index >= 15 is 0 Å². The first kappa shape index (κ1) is 5.78. The van der Waals surface area contributed by atoms with Crippen LogP contribution in [0.4, 0.5) is 0 Å². The summed E-state index contributed by atoms with van der Waals surface area (Å²) in [6, 6.07) is 9.57. The third-order valence-electron chi connectivity index (χ3n) is 1.16. The Labute approximate surface area is 63.0 Å². The molecule has 0 aliphatic rings. The van der Waals surface area contributed by atoms with Crippen molar-refractivity contribution in [3.8, 4) is 5.75 Å². The first-order chi connectivity index (χ1) is 5.29. The highest BCUT2D eigenvalue weighted by atomic mass is 16.5. The minimum absolute atomic E-state index is 0.157. The number of rotatable bonds is 3. The average molecular weight is 138 g/mol. The van der Waals surface area contributed by atoms with E-state index in [-0.39, 0.29) is 6.40 Å². The SMILES string of the molecule is [3H]C(C)COc1ccccc1. The third-order valence-corrected chi connectivity index (χ3v) is 1.16. The van der Waals surface area contributed by atoms with Gasteiger partial charge < -0.3 is 4.74 Å². The van der Waals surface area contributed by atoms with Gasteiger partial charge in [0.25, 0.3) is 0 Å². The Kier molecular flexibility index (Phi) is 2.27. The topological polar surface area (TPSA) is 9.23 Å². The van der Waals surface area contributed by atoms with E-state index in [0.29, 0.717) is 6.61 Å². The Morgan fingerprint density at radius 3 is 2.70 bits per heavy atom. The molecule has 0 bridgehead atoms. The summed E-state index contributed by atoms with van der Waals surface area (Å²) in [6.07, 6.45) is -0.157. The van der Waals surface area contributed by atoms with Gasteiger partial charge in [0.05, 0.1) is 6.61 Å². The molecular formula is C9H12O. The first-order valence-electron chi connectivity index (χ1n) is 3.97. The second-order valence-corrected chi connectivity index (χ2v) is 2.03. The second-order valence-electron chi connectivity index (χ2n) is 2.03. The number of benzene rings is 1. The molecule has 54 valence electrons. The highest BCUT2D eigenvalue weighted by molar-refractivity contribution is 5.20. The van der Waals surface area contributed by atoms with Crippen LogP contribution in [0.5, 0.6) is 5.75 Å². The van der Waals surface area contributed by atoms with E-state index in [1.807, 2.05) is 37.3 Å². The van der Waals surface area contributed by atoms with E-state index in [1.54, 1.807) is 0 Å². The van der Waals surface area contributed by atoms with Gasteiger partial charge in [-0.2, -0.15) is 0 Å². The molecule has 1 unspecified atom stereocenters. The van der Waals surface area contributed by atoms with Gasteiger partial charge in [-0.05, 0) is 18.5 Å². The fraction of sp³-hybridized carbons (Fsp3) is 0.333. The summed E-state index contributed by atoms with van der Waals surface area (Å²) in [5, 5.41) is 0. The summed E-state index contributed by atoms with van der Waals surface area (Å²) in [4.78, 5) is 0. The van der Waals surface area contributed by atoms with Crippen molar-refractivity contribution >= 4 is 0 Å². The average Bonchev–Trinajstić information content (AvgIpc) is 2.03. The Morgan fingerprint density at radius 1 is 1.40 bits per heavy atom. The highest BCUT2D eigenvalue weighted by Gasteiger charge is 1.86. The molecule has 0 saturated carbocycles. The lowest BCUT2D eigenvalue weighted by Crippen LogP contribution is -1.93. The van der Waals surface area contributed by atoms with Gasteiger partial charge in [-0.1, -0.05) is 25.1 Å². The van der Waals surface area contributed by atoms with Crippen LogP contribution < -0.4 is 4.74 Å². The molecule has 0 radical (unpaired) electrons. The molecule has 0 heterocycles. The van der Waals surface area contributed by atoms with E-state index in [9.17, 15) is 0 Å². The zero-order chi connectivity index (χ0) is 8.10. The first-order valence-corrected chi connectivity index (χ1v) is 3.39. The van der Waals surface area contributed by atoms with Crippen molar-refractivity contribution in [2.75, 3.05) is 6.61 Å². The number of hydrogen-bond acceptors (Lipinski definition) is 1. The molecule has 0 saturated heterocycles. The summed E-state index contributed by atoms with van der Waals surface area (Å²) in [5.41, 5.74) is 0. The maximum Gasteiger partial charge on any atom is 0.119 e. The molecule has 1 atom stereocenters. The van der Waals surface area contributed by atoms with Crippen molar-refractivity contribution in [3.63, 3.8) is 0 Å². The normalized spacial score (nSPS) is 13.9. The summed E-state index contributed by atoms with van der Waals surface area (Å²) in [6.45, 7) is 2.27. The van der Waals surface area contributed by atoms with E-state index in [1.165, 1.54) is 0 Å². The van der Waals surface area contributed by atoms with Gasteiger partial charge in [0.1, 0.15) is 5.75 Å². The predicted molar refractivity (Wildman–Crippen MR) is 42.2 cm³/mol. The molecule has 1 aromatic carbocycles. The summed E-state index contributed by atoms with van der Waals surface area (Å²) < 4.78 is 12.5. The molecular weight excluding hydrogens is 124 g/mol. The number of para-hydroxylation sites is 1. The largest absolute Gasteiger partial charge is 0.494 e. The lowest BCUT2D eigenvalue weighted by atomic mass is 10.3.